The Hall–Kier alpha value is -5.44. The van der Waals surface area contributed by atoms with Crippen LogP contribution in [-0.2, 0) is 45.1 Å². The minimum absolute atomic E-state index is 0.0397. The fourth-order valence-electron chi connectivity index (χ4n) is 4.39. The van der Waals surface area contributed by atoms with E-state index in [1.165, 1.54) is 0 Å². The van der Waals surface area contributed by atoms with Crippen LogP contribution in [0.25, 0.3) is 0 Å². The van der Waals surface area contributed by atoms with Crippen LogP contribution in [0.15, 0.2) is 121 Å². The van der Waals surface area contributed by atoms with Crippen LogP contribution in [0.5, 0.6) is 0 Å². The molecule has 0 heterocycles. The van der Waals surface area contributed by atoms with Gasteiger partial charge in [-0.2, -0.15) is 0 Å². The smallest absolute Gasteiger partial charge is 0.408 e. The van der Waals surface area contributed by atoms with Crippen molar-refractivity contribution in [2.75, 3.05) is 6.54 Å². The van der Waals surface area contributed by atoms with E-state index in [1.807, 2.05) is 121 Å². The normalized spacial score (nSPS) is 11.8. The highest BCUT2D eigenvalue weighted by atomic mass is 16.6. The van der Waals surface area contributed by atoms with Gasteiger partial charge in [-0.3, -0.25) is 9.59 Å². The second-order valence-electron chi connectivity index (χ2n) is 10.1. The van der Waals surface area contributed by atoms with Crippen LogP contribution in [-0.4, -0.2) is 42.5 Å². The molecule has 9 nitrogen and oxygen atoms in total. The van der Waals surface area contributed by atoms with Crippen LogP contribution in [0.4, 0.5) is 9.59 Å². The first kappa shape index (κ1) is 31.5. The summed E-state index contributed by atoms with van der Waals surface area (Å²) in [6.45, 7) is -0.289. The van der Waals surface area contributed by atoms with Gasteiger partial charge in [-0.15, -0.1) is 0 Å². The van der Waals surface area contributed by atoms with E-state index in [0.717, 1.165) is 22.3 Å². The van der Waals surface area contributed by atoms with Gasteiger partial charge in [0.1, 0.15) is 19.3 Å². The molecule has 0 saturated heterocycles. The standard InChI is InChI=1S/C35H35N3O6/c39-32(30(21-26-13-5-1-6-14-26)37-34(41)43-24-28-17-9-3-10-18-28)23-36-33(40)31(22-27-15-7-2-8-16-27)38-35(42)44-25-29-19-11-4-12-20-29/h1-20,30-31H,21-25H2,(H,36,40)(H,37,41)(H,38,42)/t30-,31-/m0/s1. The maximum Gasteiger partial charge on any atom is 0.408 e. The van der Waals surface area contributed by atoms with Gasteiger partial charge < -0.3 is 25.4 Å². The molecule has 4 aromatic rings. The van der Waals surface area contributed by atoms with Crippen molar-refractivity contribution in [3.8, 4) is 0 Å². The van der Waals surface area contributed by atoms with Crippen molar-refractivity contribution in [3.05, 3.63) is 144 Å². The lowest BCUT2D eigenvalue weighted by molar-refractivity contribution is -0.127. The van der Waals surface area contributed by atoms with Gasteiger partial charge in [-0.1, -0.05) is 121 Å². The third-order valence-electron chi connectivity index (χ3n) is 6.72. The molecule has 44 heavy (non-hydrogen) atoms. The van der Waals surface area contributed by atoms with Crippen LogP contribution in [0.2, 0.25) is 0 Å². The van der Waals surface area contributed by atoms with Gasteiger partial charge in [-0.05, 0) is 28.7 Å². The van der Waals surface area contributed by atoms with Crippen molar-refractivity contribution in [1.29, 1.82) is 0 Å². The molecule has 3 amide bonds. The molecule has 4 aromatic carbocycles. The van der Waals surface area contributed by atoms with E-state index in [4.69, 9.17) is 9.47 Å². The summed E-state index contributed by atoms with van der Waals surface area (Å²) in [6.07, 6.45) is -1.13. The molecule has 4 rings (SSSR count). The third kappa shape index (κ3) is 10.8. The summed E-state index contributed by atoms with van der Waals surface area (Å²) in [6, 6.07) is 34.8. The predicted octanol–water partition coefficient (Wildman–Crippen LogP) is 4.75. The lowest BCUT2D eigenvalue weighted by Crippen LogP contribution is -2.52. The van der Waals surface area contributed by atoms with Crippen LogP contribution in [0.1, 0.15) is 22.3 Å². The summed E-state index contributed by atoms with van der Waals surface area (Å²) >= 11 is 0. The van der Waals surface area contributed by atoms with Gasteiger partial charge in [0.2, 0.25) is 5.91 Å². The summed E-state index contributed by atoms with van der Waals surface area (Å²) in [5.74, 6) is -0.993. The number of amides is 3. The van der Waals surface area contributed by atoms with Crippen molar-refractivity contribution in [2.45, 2.75) is 38.1 Å². The summed E-state index contributed by atoms with van der Waals surface area (Å²) in [5.41, 5.74) is 3.24. The van der Waals surface area contributed by atoms with Crippen molar-refractivity contribution in [2.24, 2.45) is 0 Å². The van der Waals surface area contributed by atoms with Gasteiger partial charge in [-0.25, -0.2) is 9.59 Å². The number of ether oxygens (including phenoxy) is 2. The number of nitrogens with one attached hydrogen (secondary N) is 3. The predicted molar refractivity (Wildman–Crippen MR) is 165 cm³/mol. The van der Waals surface area contributed by atoms with Crippen molar-refractivity contribution >= 4 is 23.9 Å². The lowest BCUT2D eigenvalue weighted by Gasteiger charge is -2.21. The molecule has 0 fully saturated rings. The van der Waals surface area contributed by atoms with Crippen molar-refractivity contribution in [3.63, 3.8) is 0 Å². The van der Waals surface area contributed by atoms with Gasteiger partial charge in [0.25, 0.3) is 0 Å². The molecular formula is C35H35N3O6. The van der Waals surface area contributed by atoms with Gasteiger partial charge in [0, 0.05) is 6.42 Å². The molecule has 0 bridgehead atoms. The van der Waals surface area contributed by atoms with E-state index in [9.17, 15) is 19.2 Å². The van der Waals surface area contributed by atoms with Gasteiger partial charge in [0.15, 0.2) is 5.78 Å². The van der Waals surface area contributed by atoms with E-state index >= 15 is 0 Å². The number of alkyl carbamates (subject to hydrolysis) is 2. The molecule has 226 valence electrons. The van der Waals surface area contributed by atoms with E-state index < -0.39 is 36.0 Å². The molecule has 0 spiro atoms. The number of benzene rings is 4. The molecular weight excluding hydrogens is 558 g/mol. The second-order valence-corrected chi connectivity index (χ2v) is 10.1. The highest BCUT2D eigenvalue weighted by molar-refractivity contribution is 5.93. The maximum atomic E-state index is 13.3. The summed E-state index contributed by atoms with van der Waals surface area (Å²) in [5, 5.41) is 7.89. The molecule has 2 atom stereocenters. The first-order valence-corrected chi connectivity index (χ1v) is 14.3. The van der Waals surface area contributed by atoms with Crippen molar-refractivity contribution in [1.82, 2.24) is 16.0 Å². The monoisotopic (exact) mass is 593 g/mol. The van der Waals surface area contributed by atoms with Gasteiger partial charge in [0.05, 0.1) is 12.6 Å². The quantitative estimate of drug-likeness (QED) is 0.194. The molecule has 0 aliphatic rings. The average molecular weight is 594 g/mol. The summed E-state index contributed by atoms with van der Waals surface area (Å²) < 4.78 is 10.6. The van der Waals surface area contributed by atoms with Crippen LogP contribution < -0.4 is 16.0 Å². The Morgan fingerprint density at radius 1 is 0.500 bits per heavy atom. The molecule has 3 N–H and O–H groups in total. The van der Waals surface area contributed by atoms with Crippen molar-refractivity contribution < 1.29 is 28.7 Å². The topological polar surface area (TPSA) is 123 Å². The fourth-order valence-corrected chi connectivity index (χ4v) is 4.39. The number of carbonyl (C=O) groups is 4. The van der Waals surface area contributed by atoms with Gasteiger partial charge >= 0.3 is 12.2 Å². The Bertz CT molecular complexity index is 1370. The average Bonchev–Trinajstić information content (AvgIpc) is 3.06. The zero-order valence-corrected chi connectivity index (χ0v) is 24.2. The Kier molecular flexibility index (Phi) is 12.1. The molecule has 0 aliphatic heterocycles. The largest absolute Gasteiger partial charge is 0.445 e. The number of carbonyl (C=O) groups excluding carboxylic acids is 4. The summed E-state index contributed by atoms with van der Waals surface area (Å²) in [4.78, 5) is 51.8. The van der Waals surface area contributed by atoms with Crippen LogP contribution in [0, 0.1) is 0 Å². The number of hydrogen-bond acceptors (Lipinski definition) is 6. The molecule has 0 aromatic heterocycles. The fraction of sp³-hybridized carbons (Fsp3) is 0.200. The zero-order chi connectivity index (χ0) is 31.0. The van der Waals surface area contributed by atoms with E-state index in [1.54, 1.807) is 0 Å². The van der Waals surface area contributed by atoms with Crippen LogP contribution in [0.3, 0.4) is 0 Å². The Balaban J connectivity index is 1.38. The third-order valence-corrected chi connectivity index (χ3v) is 6.72. The minimum atomic E-state index is -1.01. The first-order chi connectivity index (χ1) is 21.5. The zero-order valence-electron chi connectivity index (χ0n) is 24.2. The van der Waals surface area contributed by atoms with E-state index in [-0.39, 0.29) is 32.6 Å². The highest BCUT2D eigenvalue weighted by Crippen LogP contribution is 2.08. The number of rotatable bonds is 14. The Labute approximate surface area is 256 Å². The molecule has 0 unspecified atom stereocenters. The number of ketones is 1. The minimum Gasteiger partial charge on any atom is -0.445 e. The van der Waals surface area contributed by atoms with E-state index in [0.29, 0.717) is 0 Å². The van der Waals surface area contributed by atoms with Crippen LogP contribution >= 0.6 is 0 Å². The highest BCUT2D eigenvalue weighted by Gasteiger charge is 2.26. The lowest BCUT2D eigenvalue weighted by atomic mass is 10.0. The molecule has 0 aliphatic carbocycles. The van der Waals surface area contributed by atoms with E-state index in [2.05, 4.69) is 16.0 Å². The SMILES string of the molecule is O=C(N[C@@H](Cc1ccccc1)C(=O)CNC(=O)[C@H](Cc1ccccc1)NC(=O)OCc1ccccc1)OCc1ccccc1. The number of hydrogen-bond donors (Lipinski definition) is 3. The number of Topliss-reactive ketones (excluding diaryl/α,β-unsaturated/α-hetero) is 1. The maximum absolute atomic E-state index is 13.3. The molecule has 0 saturated carbocycles. The molecule has 9 heteroatoms. The Morgan fingerprint density at radius 2 is 0.864 bits per heavy atom. The second kappa shape index (κ2) is 16.9. The first-order valence-electron chi connectivity index (χ1n) is 14.3. The Morgan fingerprint density at radius 3 is 1.30 bits per heavy atom. The summed E-state index contributed by atoms with van der Waals surface area (Å²) in [7, 11) is 0. The molecule has 0 radical (unpaired) electrons.